The van der Waals surface area contributed by atoms with Crippen LogP contribution in [0, 0.1) is 51.2 Å². The number of carbonyl (C=O) groups excluding carboxylic acids is 1. The van der Waals surface area contributed by atoms with Crippen molar-refractivity contribution in [1.82, 2.24) is 0 Å². The normalized spacial score (nSPS) is 51.7. The van der Waals surface area contributed by atoms with Crippen molar-refractivity contribution < 1.29 is 4.79 Å². The van der Waals surface area contributed by atoms with Gasteiger partial charge >= 0.3 is 0 Å². The molecule has 0 aromatic rings. The molecule has 1 nitrogen and oxygen atoms in total. The smallest absolute Gasteiger partial charge is 0.120 e. The summed E-state index contributed by atoms with van der Waals surface area (Å²) < 4.78 is 0. The monoisotopic (exact) mass is 424 g/mol. The first kappa shape index (κ1) is 23.3. The maximum absolute atomic E-state index is 11.4. The minimum absolute atomic E-state index is 0.178. The van der Waals surface area contributed by atoms with Gasteiger partial charge in [0.25, 0.3) is 0 Å². The molecule has 9 atom stereocenters. The Morgan fingerprint density at radius 3 is 2.45 bits per heavy atom. The number of carbonyl (C=O) groups is 1. The summed E-state index contributed by atoms with van der Waals surface area (Å²) in [5.41, 5.74) is 4.47. The van der Waals surface area contributed by atoms with E-state index in [4.69, 9.17) is 0 Å². The largest absolute Gasteiger partial charge is 0.303 e. The third-order valence-electron chi connectivity index (χ3n) is 12.1. The van der Waals surface area contributed by atoms with Gasteiger partial charge in [0.15, 0.2) is 0 Å². The van der Waals surface area contributed by atoms with E-state index in [2.05, 4.69) is 61.1 Å². The van der Waals surface area contributed by atoms with E-state index in [0.29, 0.717) is 34.5 Å². The molecule has 0 unspecified atom stereocenters. The average Bonchev–Trinajstić information content (AvgIpc) is 2.70. The summed E-state index contributed by atoms with van der Waals surface area (Å²) in [6.45, 7) is 22.1. The highest BCUT2D eigenvalue weighted by Crippen LogP contribution is 2.74. The van der Waals surface area contributed by atoms with Crippen LogP contribution in [0.4, 0.5) is 0 Å². The van der Waals surface area contributed by atoms with Crippen molar-refractivity contribution in [3.8, 4) is 0 Å². The first-order valence-electron chi connectivity index (χ1n) is 13.2. The van der Waals surface area contributed by atoms with Gasteiger partial charge in [0.1, 0.15) is 6.29 Å². The molecule has 0 aromatic heterocycles. The predicted octanol–water partition coefficient (Wildman–Crippen LogP) is 8.40. The van der Waals surface area contributed by atoms with Crippen LogP contribution in [0.3, 0.4) is 0 Å². The molecule has 1 heteroatoms. The van der Waals surface area contributed by atoms with E-state index in [9.17, 15) is 4.79 Å². The number of fused-ring (bicyclic) bond motifs is 5. The topological polar surface area (TPSA) is 17.1 Å². The number of allylic oxidation sites excluding steroid dienone is 3. The summed E-state index contributed by atoms with van der Waals surface area (Å²) >= 11 is 0. The third-order valence-corrected chi connectivity index (χ3v) is 12.1. The van der Waals surface area contributed by atoms with Crippen molar-refractivity contribution in [2.75, 3.05) is 0 Å². The van der Waals surface area contributed by atoms with E-state index >= 15 is 0 Å². The molecule has 0 aliphatic heterocycles. The molecule has 31 heavy (non-hydrogen) atoms. The maximum Gasteiger partial charge on any atom is 0.120 e. The van der Waals surface area contributed by atoms with Crippen LogP contribution in [0.25, 0.3) is 0 Å². The number of hydrogen-bond donors (Lipinski definition) is 0. The van der Waals surface area contributed by atoms with Crippen molar-refractivity contribution in [1.29, 1.82) is 0 Å². The molecule has 0 heterocycles. The van der Waals surface area contributed by atoms with Gasteiger partial charge in [-0.3, -0.25) is 0 Å². The maximum atomic E-state index is 11.4. The van der Waals surface area contributed by atoms with E-state index in [-0.39, 0.29) is 5.41 Å². The first-order valence-corrected chi connectivity index (χ1v) is 13.2. The summed E-state index contributed by atoms with van der Waals surface area (Å²) in [5, 5.41) is 0. The van der Waals surface area contributed by atoms with E-state index in [0.717, 1.165) is 30.5 Å². The first-order chi connectivity index (χ1) is 14.4. The Morgan fingerprint density at radius 2 is 1.81 bits per heavy atom. The number of aldehydes is 1. The van der Waals surface area contributed by atoms with Gasteiger partial charge in [0.2, 0.25) is 0 Å². The second-order valence-electron chi connectivity index (χ2n) is 13.4. The van der Waals surface area contributed by atoms with Gasteiger partial charge in [-0.05, 0) is 110 Å². The van der Waals surface area contributed by atoms with Crippen LogP contribution in [0.15, 0.2) is 23.8 Å². The molecule has 4 aliphatic carbocycles. The quantitative estimate of drug-likeness (QED) is 0.327. The van der Waals surface area contributed by atoms with Crippen LogP contribution in [-0.4, -0.2) is 6.29 Å². The fourth-order valence-corrected chi connectivity index (χ4v) is 9.75. The predicted molar refractivity (Wildman–Crippen MR) is 132 cm³/mol. The highest BCUT2D eigenvalue weighted by Gasteiger charge is 2.65. The van der Waals surface area contributed by atoms with Crippen molar-refractivity contribution in [2.45, 2.75) is 106 Å². The van der Waals surface area contributed by atoms with E-state index in [1.807, 2.05) is 5.57 Å². The second kappa shape index (κ2) is 7.59. The molecule has 0 spiro atoms. The minimum atomic E-state index is 0.178. The molecule has 4 rings (SSSR count). The summed E-state index contributed by atoms with van der Waals surface area (Å²) in [4.78, 5) is 11.4. The number of hydrogen-bond acceptors (Lipinski definition) is 1. The zero-order valence-electron chi connectivity index (χ0n) is 21.5. The van der Waals surface area contributed by atoms with E-state index < -0.39 is 0 Å². The molecule has 0 N–H and O–H groups in total. The molecule has 174 valence electrons. The lowest BCUT2D eigenvalue weighted by molar-refractivity contribution is -0.144. The second-order valence-corrected chi connectivity index (χ2v) is 13.4. The van der Waals surface area contributed by atoms with Crippen molar-refractivity contribution in [2.24, 2.45) is 51.2 Å². The van der Waals surface area contributed by atoms with Gasteiger partial charge < -0.3 is 4.79 Å². The highest BCUT2D eigenvalue weighted by atomic mass is 16.1. The van der Waals surface area contributed by atoms with Gasteiger partial charge in [0.05, 0.1) is 0 Å². The Hall–Kier alpha value is -0.850. The Kier molecular flexibility index (Phi) is 5.71. The van der Waals surface area contributed by atoms with Gasteiger partial charge in [0, 0.05) is 6.42 Å². The Labute approximate surface area is 192 Å². The highest BCUT2D eigenvalue weighted by molar-refractivity contribution is 5.49. The minimum Gasteiger partial charge on any atom is -0.303 e. The van der Waals surface area contributed by atoms with Crippen LogP contribution in [0.1, 0.15) is 106 Å². The van der Waals surface area contributed by atoms with E-state index in [1.54, 1.807) is 0 Å². The molecular formula is C30H48O. The molecule has 0 saturated heterocycles. The third kappa shape index (κ3) is 3.11. The van der Waals surface area contributed by atoms with Crippen molar-refractivity contribution in [3.05, 3.63) is 23.8 Å². The molecule has 4 aliphatic rings. The number of rotatable bonds is 4. The van der Waals surface area contributed by atoms with Crippen LogP contribution < -0.4 is 0 Å². The van der Waals surface area contributed by atoms with Gasteiger partial charge in [-0.2, -0.15) is 0 Å². The van der Waals surface area contributed by atoms with Crippen LogP contribution in [0.5, 0.6) is 0 Å². The van der Waals surface area contributed by atoms with E-state index in [1.165, 1.54) is 50.5 Å². The van der Waals surface area contributed by atoms with Gasteiger partial charge in [-0.15, -0.1) is 0 Å². The molecule has 0 bridgehead atoms. The lowest BCUT2D eigenvalue weighted by Gasteiger charge is -2.69. The van der Waals surface area contributed by atoms with Gasteiger partial charge in [-0.25, -0.2) is 0 Å². The summed E-state index contributed by atoms with van der Waals surface area (Å²) in [6.07, 6.45) is 14.9. The lowest BCUT2D eigenvalue weighted by atomic mass is 9.35. The standard InChI is InChI=1S/C30H48O/c1-20(2)23-13-16-30(8)25(28(23,6)14-9-19-31)11-10-24-26-22(4)21(3)12-15-27(26,5)17-18-29(24,30)7/h10,19,21-23,25-26H,1,9,11-18H2,2-8H3/t21-,22+,23+,25-,26+,27-,28+,29-,30-/m1/s1. The molecule has 0 radical (unpaired) electrons. The summed E-state index contributed by atoms with van der Waals surface area (Å²) in [5.74, 6) is 3.58. The summed E-state index contributed by atoms with van der Waals surface area (Å²) in [7, 11) is 0. The Balaban J connectivity index is 1.81. The zero-order valence-corrected chi connectivity index (χ0v) is 21.5. The fraction of sp³-hybridized carbons (Fsp3) is 0.833. The molecule has 3 fully saturated rings. The van der Waals surface area contributed by atoms with Crippen LogP contribution >= 0.6 is 0 Å². The molecule has 0 amide bonds. The van der Waals surface area contributed by atoms with Crippen molar-refractivity contribution in [3.63, 3.8) is 0 Å². The summed E-state index contributed by atoms with van der Waals surface area (Å²) in [6, 6.07) is 0. The fourth-order valence-electron chi connectivity index (χ4n) is 9.75. The lowest BCUT2D eigenvalue weighted by Crippen LogP contribution is -2.61. The van der Waals surface area contributed by atoms with Crippen LogP contribution in [0.2, 0.25) is 0 Å². The Bertz CT molecular complexity index is 777. The van der Waals surface area contributed by atoms with Crippen LogP contribution in [-0.2, 0) is 4.79 Å². The average molecular weight is 425 g/mol. The Morgan fingerprint density at radius 1 is 1.10 bits per heavy atom. The zero-order chi connectivity index (χ0) is 22.8. The molecule has 0 aromatic carbocycles. The molecular weight excluding hydrogens is 376 g/mol. The molecule has 3 saturated carbocycles. The van der Waals surface area contributed by atoms with Gasteiger partial charge in [-0.1, -0.05) is 65.3 Å². The van der Waals surface area contributed by atoms with Crippen molar-refractivity contribution >= 4 is 6.29 Å². The SMILES string of the molecule is C=C(C)[C@@H]1CC[C@]2(C)[C@H](CC=C3[C@@H]4[C@@H](C)[C@H](C)CC[C@]4(C)CC[C@]32C)[C@@]1(C)CCC=O.